The van der Waals surface area contributed by atoms with Crippen molar-refractivity contribution in [2.45, 2.75) is 45.5 Å². The molecule has 0 aromatic carbocycles. The molecule has 0 heterocycles. The van der Waals surface area contributed by atoms with Crippen LogP contribution in [0, 0.1) is 24.2 Å². The van der Waals surface area contributed by atoms with Gasteiger partial charge in [-0.3, -0.25) is 9.59 Å². The van der Waals surface area contributed by atoms with Crippen LogP contribution < -0.4 is 0 Å². The van der Waals surface area contributed by atoms with Crippen LogP contribution in [0.5, 0.6) is 0 Å². The van der Waals surface area contributed by atoms with Crippen LogP contribution in [-0.4, -0.2) is 26.9 Å². The monoisotopic (exact) mass is 268 g/mol. The van der Waals surface area contributed by atoms with Crippen molar-refractivity contribution in [3.8, 4) is 12.3 Å². The summed E-state index contributed by atoms with van der Waals surface area (Å²) in [7, 11) is -0.0417. The van der Waals surface area contributed by atoms with Gasteiger partial charge in [-0.2, -0.15) is 0 Å². The van der Waals surface area contributed by atoms with Crippen LogP contribution in [0.4, 0.5) is 0 Å². The largest absolute Gasteiger partial charge is 0.468 e. The maximum atomic E-state index is 11.8. The van der Waals surface area contributed by atoms with Gasteiger partial charge in [0.25, 0.3) is 0 Å². The predicted molar refractivity (Wildman–Crippen MR) is 75.9 cm³/mol. The maximum Gasteiger partial charge on any atom is 0.316 e. The highest BCUT2D eigenvalue weighted by Gasteiger charge is 2.35. The maximum absolute atomic E-state index is 11.8. The van der Waals surface area contributed by atoms with Crippen molar-refractivity contribution in [3.05, 3.63) is 0 Å². The molecule has 0 saturated carbocycles. The fraction of sp³-hybridized carbons (Fsp3) is 0.714. The Bertz CT molecular complexity index is 336. The minimum absolute atomic E-state index is 0.0117. The van der Waals surface area contributed by atoms with Crippen LogP contribution in [0.1, 0.15) is 19.8 Å². The Morgan fingerprint density at radius 3 is 2.22 bits per heavy atom. The van der Waals surface area contributed by atoms with E-state index in [0.29, 0.717) is 12.8 Å². The molecule has 0 aromatic heterocycles. The number of ether oxygens (including phenoxy) is 1. The number of Topliss-reactive ketones (excluding diaryl/α,β-unsaturated/α-hetero) is 1. The summed E-state index contributed by atoms with van der Waals surface area (Å²) in [5, 5.41) is 0. The normalized spacial score (nSPS) is 14.4. The van der Waals surface area contributed by atoms with Gasteiger partial charge in [0.15, 0.2) is 0 Å². The molecule has 2 unspecified atom stereocenters. The summed E-state index contributed by atoms with van der Waals surface area (Å²) in [5.41, 5.74) is 0. The van der Waals surface area contributed by atoms with Gasteiger partial charge in [-0.05, 0) is 19.3 Å². The Labute approximate surface area is 111 Å². The van der Waals surface area contributed by atoms with Crippen molar-refractivity contribution in [1.29, 1.82) is 0 Å². The Hall–Kier alpha value is -1.08. The number of rotatable bonds is 7. The van der Waals surface area contributed by atoms with Crippen LogP contribution >= 0.6 is 0 Å². The third kappa shape index (κ3) is 6.01. The molecule has 0 radical (unpaired) electrons. The first kappa shape index (κ1) is 16.9. The van der Waals surface area contributed by atoms with Crippen molar-refractivity contribution >= 4 is 19.8 Å². The van der Waals surface area contributed by atoms with Crippen molar-refractivity contribution in [2.24, 2.45) is 11.8 Å². The van der Waals surface area contributed by atoms with Gasteiger partial charge < -0.3 is 4.74 Å². The zero-order valence-electron chi connectivity index (χ0n) is 12.1. The highest BCUT2D eigenvalue weighted by atomic mass is 28.3. The minimum Gasteiger partial charge on any atom is -0.468 e. The van der Waals surface area contributed by atoms with E-state index in [1.807, 2.05) is 0 Å². The van der Waals surface area contributed by atoms with Gasteiger partial charge in [-0.25, -0.2) is 0 Å². The predicted octanol–water partition coefficient (Wildman–Crippen LogP) is 2.73. The zero-order chi connectivity index (χ0) is 14.3. The van der Waals surface area contributed by atoms with Gasteiger partial charge in [-0.1, -0.05) is 25.7 Å². The topological polar surface area (TPSA) is 43.4 Å². The quantitative estimate of drug-likeness (QED) is 0.309. The average molecular weight is 268 g/mol. The Kier molecular flexibility index (Phi) is 6.93. The molecule has 0 N–H and O–H groups in total. The van der Waals surface area contributed by atoms with E-state index >= 15 is 0 Å². The fourth-order valence-electron chi connectivity index (χ4n) is 2.26. The summed E-state index contributed by atoms with van der Waals surface area (Å²) in [4.78, 5) is 23.5. The van der Waals surface area contributed by atoms with Crippen LogP contribution in [0.15, 0.2) is 0 Å². The van der Waals surface area contributed by atoms with E-state index in [-0.39, 0.29) is 11.7 Å². The lowest BCUT2D eigenvalue weighted by molar-refractivity contribution is -0.151. The molecule has 4 heteroatoms. The molecular formula is C14H24O3Si. The number of ketones is 1. The molecule has 0 spiro atoms. The lowest BCUT2D eigenvalue weighted by atomic mass is 9.87. The molecule has 2 atom stereocenters. The zero-order valence-corrected chi connectivity index (χ0v) is 13.1. The Balaban J connectivity index is 5.04. The summed E-state index contributed by atoms with van der Waals surface area (Å²) in [6.45, 7) is 8.13. The van der Waals surface area contributed by atoms with Crippen LogP contribution in [0.2, 0.25) is 25.7 Å². The first-order chi connectivity index (χ1) is 8.22. The Morgan fingerprint density at radius 2 is 1.89 bits per heavy atom. The first-order valence-electron chi connectivity index (χ1n) is 6.24. The standard InChI is InChI=1S/C14H24O3Si/c1-7-8-9-12(10-18(4,5)6)13(11(2)15)14(16)17-3/h1,12-13H,8-10H2,2-6H3. The third-order valence-electron chi connectivity index (χ3n) is 2.90. The van der Waals surface area contributed by atoms with Crippen molar-refractivity contribution < 1.29 is 14.3 Å². The number of hydrogen-bond donors (Lipinski definition) is 0. The number of hydrogen-bond acceptors (Lipinski definition) is 3. The van der Waals surface area contributed by atoms with Gasteiger partial charge in [0.2, 0.25) is 0 Å². The van der Waals surface area contributed by atoms with E-state index < -0.39 is 20.0 Å². The summed E-state index contributed by atoms with van der Waals surface area (Å²) in [6, 6.07) is 0.911. The fourth-order valence-corrected chi connectivity index (χ4v) is 4.27. The molecule has 0 rings (SSSR count). The second-order valence-corrected chi connectivity index (χ2v) is 11.4. The molecule has 102 valence electrons. The molecule has 0 aliphatic carbocycles. The smallest absolute Gasteiger partial charge is 0.316 e. The van der Waals surface area contributed by atoms with E-state index in [4.69, 9.17) is 11.2 Å². The van der Waals surface area contributed by atoms with Crippen molar-refractivity contribution in [2.75, 3.05) is 7.11 Å². The summed E-state index contributed by atoms with van der Waals surface area (Å²) >= 11 is 0. The SMILES string of the molecule is C#CCCC(C[Si](C)(C)C)C(C(C)=O)C(=O)OC. The second-order valence-electron chi connectivity index (χ2n) is 5.88. The van der Waals surface area contributed by atoms with Gasteiger partial charge in [0.05, 0.1) is 7.11 Å². The first-order valence-corrected chi connectivity index (χ1v) is 9.95. The molecule has 0 aromatic rings. The highest BCUT2D eigenvalue weighted by Crippen LogP contribution is 2.29. The molecule has 0 amide bonds. The van der Waals surface area contributed by atoms with E-state index in [2.05, 4.69) is 25.6 Å². The molecule has 3 nitrogen and oxygen atoms in total. The summed E-state index contributed by atoms with van der Waals surface area (Å²) in [6.07, 6.45) is 6.59. The molecule has 0 saturated heterocycles. The number of methoxy groups -OCH3 is 1. The third-order valence-corrected chi connectivity index (χ3v) is 4.65. The lowest BCUT2D eigenvalue weighted by Gasteiger charge is -2.28. The summed E-state index contributed by atoms with van der Waals surface area (Å²) in [5.74, 6) is 1.39. The molecule has 18 heavy (non-hydrogen) atoms. The van der Waals surface area contributed by atoms with Crippen molar-refractivity contribution in [3.63, 3.8) is 0 Å². The molecular weight excluding hydrogens is 244 g/mol. The average Bonchev–Trinajstić information content (AvgIpc) is 2.23. The van der Waals surface area contributed by atoms with E-state index in [9.17, 15) is 9.59 Å². The van der Waals surface area contributed by atoms with Crippen LogP contribution in [-0.2, 0) is 14.3 Å². The van der Waals surface area contributed by atoms with Crippen molar-refractivity contribution in [1.82, 2.24) is 0 Å². The minimum atomic E-state index is -1.37. The highest BCUT2D eigenvalue weighted by molar-refractivity contribution is 6.76. The number of terminal acetylenes is 1. The number of carbonyl (C=O) groups is 2. The molecule has 0 bridgehead atoms. The molecule has 0 aliphatic rings. The van der Waals surface area contributed by atoms with E-state index in [1.54, 1.807) is 0 Å². The van der Waals surface area contributed by atoms with Gasteiger partial charge >= 0.3 is 5.97 Å². The molecule has 0 fully saturated rings. The summed E-state index contributed by atoms with van der Waals surface area (Å²) < 4.78 is 4.75. The second kappa shape index (κ2) is 7.37. The number of carbonyl (C=O) groups excluding carboxylic acids is 2. The van der Waals surface area contributed by atoms with Gasteiger partial charge in [0.1, 0.15) is 11.7 Å². The van der Waals surface area contributed by atoms with Crippen LogP contribution in [0.3, 0.4) is 0 Å². The van der Waals surface area contributed by atoms with Crippen LogP contribution in [0.25, 0.3) is 0 Å². The van der Waals surface area contributed by atoms with Gasteiger partial charge in [0, 0.05) is 14.5 Å². The van der Waals surface area contributed by atoms with Gasteiger partial charge in [-0.15, -0.1) is 12.3 Å². The van der Waals surface area contributed by atoms with E-state index in [1.165, 1.54) is 14.0 Å². The number of esters is 1. The van der Waals surface area contributed by atoms with E-state index in [0.717, 1.165) is 6.04 Å². The lowest BCUT2D eigenvalue weighted by Crippen LogP contribution is -2.36. The molecule has 0 aliphatic heterocycles. The Morgan fingerprint density at radius 1 is 1.33 bits per heavy atom.